The van der Waals surface area contributed by atoms with E-state index < -0.39 is 5.60 Å². The molecule has 0 aromatic heterocycles. The SMILES string of the molecule is CCC(=O)C1(C)Cc2cc(N)c(N3CCOCC3)cc2O1. The van der Waals surface area contributed by atoms with Crippen LogP contribution < -0.4 is 15.4 Å². The van der Waals surface area contributed by atoms with Gasteiger partial charge in [-0.25, -0.2) is 0 Å². The summed E-state index contributed by atoms with van der Waals surface area (Å²) >= 11 is 0. The Hall–Kier alpha value is -1.75. The van der Waals surface area contributed by atoms with Crippen molar-refractivity contribution in [3.8, 4) is 5.75 Å². The predicted octanol–water partition coefficient (Wildman–Crippen LogP) is 1.78. The fourth-order valence-electron chi connectivity index (χ4n) is 3.12. The van der Waals surface area contributed by atoms with E-state index in [1.54, 1.807) is 0 Å². The Bertz CT molecular complexity index is 567. The number of Topliss-reactive ketones (excluding diaryl/α,β-unsaturated/α-hetero) is 1. The van der Waals surface area contributed by atoms with Crippen molar-refractivity contribution in [3.63, 3.8) is 0 Å². The summed E-state index contributed by atoms with van der Waals surface area (Å²) in [7, 11) is 0. The number of nitrogens with two attached hydrogens (primary N) is 1. The number of hydrogen-bond donors (Lipinski definition) is 1. The van der Waals surface area contributed by atoms with E-state index in [1.807, 2.05) is 26.0 Å². The van der Waals surface area contributed by atoms with Crippen LogP contribution in [-0.2, 0) is 16.0 Å². The molecule has 1 atom stereocenters. The van der Waals surface area contributed by atoms with Crippen molar-refractivity contribution in [2.24, 2.45) is 0 Å². The van der Waals surface area contributed by atoms with E-state index in [1.165, 1.54) is 0 Å². The van der Waals surface area contributed by atoms with Gasteiger partial charge in [-0.05, 0) is 13.0 Å². The van der Waals surface area contributed by atoms with Crippen LogP contribution in [0.4, 0.5) is 11.4 Å². The number of morpholine rings is 1. The maximum absolute atomic E-state index is 12.1. The van der Waals surface area contributed by atoms with Gasteiger partial charge in [0, 0.05) is 37.6 Å². The highest BCUT2D eigenvalue weighted by Gasteiger charge is 2.41. The minimum absolute atomic E-state index is 0.130. The number of anilines is 2. The van der Waals surface area contributed by atoms with Gasteiger partial charge in [0.2, 0.25) is 0 Å². The molecule has 1 fully saturated rings. The normalized spacial score (nSPS) is 24.6. The second-order valence-corrected chi connectivity index (χ2v) is 5.90. The first-order chi connectivity index (χ1) is 10.0. The molecule has 2 aliphatic heterocycles. The zero-order chi connectivity index (χ0) is 15.0. The second-order valence-electron chi connectivity index (χ2n) is 5.90. The number of carbonyl (C=O) groups is 1. The zero-order valence-corrected chi connectivity index (χ0v) is 12.6. The van der Waals surface area contributed by atoms with Crippen LogP contribution in [0.15, 0.2) is 12.1 Å². The van der Waals surface area contributed by atoms with Gasteiger partial charge in [-0.1, -0.05) is 6.92 Å². The zero-order valence-electron chi connectivity index (χ0n) is 12.6. The molecule has 5 heteroatoms. The molecular weight excluding hydrogens is 268 g/mol. The van der Waals surface area contributed by atoms with Crippen LogP contribution >= 0.6 is 0 Å². The average Bonchev–Trinajstić information content (AvgIpc) is 2.83. The van der Waals surface area contributed by atoms with E-state index in [0.717, 1.165) is 35.8 Å². The summed E-state index contributed by atoms with van der Waals surface area (Å²) in [5.74, 6) is 0.917. The molecule has 1 saturated heterocycles. The first-order valence-electron chi connectivity index (χ1n) is 7.51. The standard InChI is InChI=1S/C16H22N2O3/c1-3-15(19)16(2)10-11-8-12(17)13(9-14(11)21-16)18-4-6-20-7-5-18/h8-9H,3-7,10,17H2,1-2H3. The largest absolute Gasteiger partial charge is 0.479 e. The van der Waals surface area contributed by atoms with Crippen molar-refractivity contribution in [3.05, 3.63) is 17.7 Å². The van der Waals surface area contributed by atoms with Crippen molar-refractivity contribution in [2.75, 3.05) is 36.9 Å². The van der Waals surface area contributed by atoms with Gasteiger partial charge in [0.05, 0.1) is 24.6 Å². The van der Waals surface area contributed by atoms with E-state index in [0.29, 0.717) is 26.1 Å². The van der Waals surface area contributed by atoms with E-state index >= 15 is 0 Å². The molecule has 0 saturated carbocycles. The number of benzene rings is 1. The third-order valence-electron chi connectivity index (χ3n) is 4.34. The molecule has 0 radical (unpaired) electrons. The van der Waals surface area contributed by atoms with Crippen LogP contribution in [0.2, 0.25) is 0 Å². The van der Waals surface area contributed by atoms with Crippen molar-refractivity contribution >= 4 is 17.2 Å². The average molecular weight is 290 g/mol. The molecule has 0 spiro atoms. The lowest BCUT2D eigenvalue weighted by Gasteiger charge is -2.30. The molecular formula is C16H22N2O3. The van der Waals surface area contributed by atoms with Crippen LogP contribution in [0.1, 0.15) is 25.8 Å². The lowest BCUT2D eigenvalue weighted by molar-refractivity contribution is -0.131. The smallest absolute Gasteiger partial charge is 0.176 e. The minimum Gasteiger partial charge on any atom is -0.479 e. The lowest BCUT2D eigenvalue weighted by atomic mass is 9.93. The molecule has 1 aromatic rings. The maximum Gasteiger partial charge on any atom is 0.176 e. The number of carbonyl (C=O) groups excluding carboxylic acids is 1. The Labute approximate surface area is 125 Å². The number of hydrogen-bond acceptors (Lipinski definition) is 5. The molecule has 21 heavy (non-hydrogen) atoms. The van der Waals surface area contributed by atoms with Crippen LogP contribution in [0.5, 0.6) is 5.75 Å². The van der Waals surface area contributed by atoms with Gasteiger partial charge in [-0.15, -0.1) is 0 Å². The van der Waals surface area contributed by atoms with E-state index in [2.05, 4.69) is 4.90 Å². The summed E-state index contributed by atoms with van der Waals surface area (Å²) in [6, 6.07) is 3.93. The molecule has 3 rings (SSSR count). The van der Waals surface area contributed by atoms with Crippen LogP contribution in [0.25, 0.3) is 0 Å². The maximum atomic E-state index is 12.1. The molecule has 114 valence electrons. The fourth-order valence-corrected chi connectivity index (χ4v) is 3.12. The van der Waals surface area contributed by atoms with E-state index in [-0.39, 0.29) is 5.78 Å². The molecule has 5 nitrogen and oxygen atoms in total. The molecule has 0 aliphatic carbocycles. The molecule has 0 bridgehead atoms. The third kappa shape index (κ3) is 2.46. The van der Waals surface area contributed by atoms with E-state index in [4.69, 9.17) is 15.2 Å². The Morgan fingerprint density at radius 1 is 1.38 bits per heavy atom. The highest BCUT2D eigenvalue weighted by Crippen LogP contribution is 2.41. The molecule has 2 heterocycles. The molecule has 2 aliphatic rings. The van der Waals surface area contributed by atoms with Crippen LogP contribution in [0.3, 0.4) is 0 Å². The summed E-state index contributed by atoms with van der Waals surface area (Å²) in [6.45, 7) is 6.81. The molecule has 0 amide bonds. The summed E-state index contributed by atoms with van der Waals surface area (Å²) in [5.41, 5.74) is 8.20. The number of ketones is 1. The number of fused-ring (bicyclic) bond motifs is 1. The van der Waals surface area contributed by atoms with Crippen molar-refractivity contribution < 1.29 is 14.3 Å². The summed E-state index contributed by atoms with van der Waals surface area (Å²) in [5, 5.41) is 0. The Kier molecular flexibility index (Phi) is 3.53. The number of nitrogens with zero attached hydrogens (tertiary/aromatic N) is 1. The molecule has 1 unspecified atom stereocenters. The summed E-state index contributed by atoms with van der Waals surface area (Å²) < 4.78 is 11.3. The van der Waals surface area contributed by atoms with Crippen molar-refractivity contribution in [1.29, 1.82) is 0 Å². The number of ether oxygens (including phenoxy) is 2. The highest BCUT2D eigenvalue weighted by atomic mass is 16.5. The molecule has 1 aromatic carbocycles. The Balaban J connectivity index is 1.90. The quantitative estimate of drug-likeness (QED) is 0.860. The second kappa shape index (κ2) is 5.22. The third-order valence-corrected chi connectivity index (χ3v) is 4.34. The monoisotopic (exact) mass is 290 g/mol. The van der Waals surface area contributed by atoms with Gasteiger partial charge in [-0.2, -0.15) is 0 Å². The highest BCUT2D eigenvalue weighted by molar-refractivity contribution is 5.89. The Morgan fingerprint density at radius 2 is 2.10 bits per heavy atom. The van der Waals surface area contributed by atoms with Gasteiger partial charge in [0.15, 0.2) is 11.4 Å². The predicted molar refractivity (Wildman–Crippen MR) is 81.9 cm³/mol. The van der Waals surface area contributed by atoms with Crippen LogP contribution in [0, 0.1) is 0 Å². The fraction of sp³-hybridized carbons (Fsp3) is 0.562. The van der Waals surface area contributed by atoms with Gasteiger partial charge >= 0.3 is 0 Å². The van der Waals surface area contributed by atoms with Crippen molar-refractivity contribution in [2.45, 2.75) is 32.3 Å². The number of rotatable bonds is 3. The number of nitrogen functional groups attached to an aromatic ring is 1. The topological polar surface area (TPSA) is 64.8 Å². The lowest BCUT2D eigenvalue weighted by Crippen LogP contribution is -2.39. The molecule has 2 N–H and O–H groups in total. The van der Waals surface area contributed by atoms with Gasteiger partial charge in [-0.3, -0.25) is 4.79 Å². The Morgan fingerprint density at radius 3 is 2.76 bits per heavy atom. The summed E-state index contributed by atoms with van der Waals surface area (Å²) in [6.07, 6.45) is 1.08. The van der Waals surface area contributed by atoms with Crippen molar-refractivity contribution in [1.82, 2.24) is 0 Å². The first-order valence-corrected chi connectivity index (χ1v) is 7.51. The summed E-state index contributed by atoms with van der Waals surface area (Å²) in [4.78, 5) is 14.3. The van der Waals surface area contributed by atoms with Gasteiger partial charge in [0.1, 0.15) is 5.75 Å². The van der Waals surface area contributed by atoms with Gasteiger partial charge in [0.25, 0.3) is 0 Å². The first kappa shape index (κ1) is 14.2. The van der Waals surface area contributed by atoms with E-state index in [9.17, 15) is 4.79 Å². The minimum atomic E-state index is -0.743. The van der Waals surface area contributed by atoms with Crippen LogP contribution in [-0.4, -0.2) is 37.7 Å². The van der Waals surface area contributed by atoms with Gasteiger partial charge < -0.3 is 20.1 Å².